The van der Waals surface area contributed by atoms with Crippen LogP contribution >= 0.6 is 0 Å². The molecule has 0 radical (unpaired) electrons. The van der Waals surface area contributed by atoms with Crippen molar-refractivity contribution >= 4 is 15.7 Å². The van der Waals surface area contributed by atoms with Gasteiger partial charge in [-0.05, 0) is 50.4 Å². The standard InChI is InChI=1S/C14H22N2O2S/c1-10-5-4-6-13(10)16-14-9-12(8-7-11(14)2)19(17,18)15-3/h7-10,13,15-16H,4-6H2,1-3H3. The van der Waals surface area contributed by atoms with E-state index in [1.54, 1.807) is 12.1 Å². The molecule has 0 amide bonds. The first-order valence-electron chi connectivity index (χ1n) is 6.75. The Hall–Kier alpha value is -1.07. The van der Waals surface area contributed by atoms with Crippen LogP contribution in [0.2, 0.25) is 0 Å². The first-order valence-corrected chi connectivity index (χ1v) is 8.23. The second-order valence-electron chi connectivity index (χ2n) is 5.34. The van der Waals surface area contributed by atoms with Gasteiger partial charge in [-0.1, -0.05) is 19.4 Å². The summed E-state index contributed by atoms with van der Waals surface area (Å²) in [4.78, 5) is 0.314. The molecule has 1 aromatic rings. The molecular formula is C14H22N2O2S. The van der Waals surface area contributed by atoms with Gasteiger partial charge >= 0.3 is 0 Å². The average molecular weight is 282 g/mol. The summed E-state index contributed by atoms with van der Waals surface area (Å²) < 4.78 is 26.0. The van der Waals surface area contributed by atoms with Crippen LogP contribution in [0.25, 0.3) is 0 Å². The molecule has 19 heavy (non-hydrogen) atoms. The van der Waals surface area contributed by atoms with Crippen molar-refractivity contribution in [3.63, 3.8) is 0 Å². The molecule has 2 unspecified atom stereocenters. The molecule has 0 bridgehead atoms. The Balaban J connectivity index is 2.27. The van der Waals surface area contributed by atoms with E-state index in [-0.39, 0.29) is 0 Å². The second-order valence-corrected chi connectivity index (χ2v) is 7.23. The van der Waals surface area contributed by atoms with Gasteiger partial charge in [-0.3, -0.25) is 0 Å². The largest absolute Gasteiger partial charge is 0.382 e. The van der Waals surface area contributed by atoms with Crippen LogP contribution in [-0.2, 0) is 10.0 Å². The van der Waals surface area contributed by atoms with Crippen molar-refractivity contribution in [1.82, 2.24) is 4.72 Å². The van der Waals surface area contributed by atoms with E-state index in [0.717, 1.165) is 17.7 Å². The second kappa shape index (κ2) is 5.51. The molecule has 2 atom stereocenters. The third-order valence-electron chi connectivity index (χ3n) is 3.99. The summed E-state index contributed by atoms with van der Waals surface area (Å²) in [7, 11) is -1.94. The van der Waals surface area contributed by atoms with Crippen molar-refractivity contribution in [2.24, 2.45) is 5.92 Å². The van der Waals surface area contributed by atoms with Crippen LogP contribution in [0.15, 0.2) is 23.1 Å². The number of benzene rings is 1. The molecule has 0 saturated heterocycles. The van der Waals surface area contributed by atoms with Crippen LogP contribution in [0.1, 0.15) is 31.7 Å². The normalized spacial score (nSPS) is 23.5. The lowest BCUT2D eigenvalue weighted by Gasteiger charge is -2.20. The van der Waals surface area contributed by atoms with Gasteiger partial charge in [-0.15, -0.1) is 0 Å². The summed E-state index contributed by atoms with van der Waals surface area (Å²) >= 11 is 0. The first kappa shape index (κ1) is 14.3. The Labute approximate surface area is 115 Å². The lowest BCUT2D eigenvalue weighted by atomic mass is 10.1. The molecule has 0 heterocycles. The Morgan fingerprint density at radius 3 is 2.58 bits per heavy atom. The number of hydrogen-bond acceptors (Lipinski definition) is 3. The zero-order chi connectivity index (χ0) is 14.0. The van der Waals surface area contributed by atoms with Gasteiger partial charge in [0.1, 0.15) is 0 Å². The minimum absolute atomic E-state index is 0.314. The molecule has 5 heteroatoms. The molecule has 2 N–H and O–H groups in total. The van der Waals surface area contributed by atoms with Crippen LogP contribution in [0.5, 0.6) is 0 Å². The van der Waals surface area contributed by atoms with E-state index < -0.39 is 10.0 Å². The summed E-state index contributed by atoms with van der Waals surface area (Å²) in [6.45, 7) is 4.24. The quantitative estimate of drug-likeness (QED) is 0.892. The lowest BCUT2D eigenvalue weighted by molar-refractivity contribution is 0.556. The first-order chi connectivity index (χ1) is 8.94. The molecule has 1 fully saturated rings. The fourth-order valence-corrected chi connectivity index (χ4v) is 3.36. The van der Waals surface area contributed by atoms with Gasteiger partial charge in [0.15, 0.2) is 0 Å². The molecular weight excluding hydrogens is 260 g/mol. The molecule has 1 saturated carbocycles. The monoisotopic (exact) mass is 282 g/mol. The molecule has 1 aliphatic carbocycles. The van der Waals surface area contributed by atoms with Crippen LogP contribution in [0.3, 0.4) is 0 Å². The highest BCUT2D eigenvalue weighted by Crippen LogP contribution is 2.30. The summed E-state index contributed by atoms with van der Waals surface area (Å²) in [6, 6.07) is 5.68. The SMILES string of the molecule is CNS(=O)(=O)c1ccc(C)c(NC2CCCC2C)c1. The highest BCUT2D eigenvalue weighted by atomic mass is 32.2. The van der Waals surface area contributed by atoms with Crippen LogP contribution < -0.4 is 10.0 Å². The zero-order valence-corrected chi connectivity index (χ0v) is 12.5. The predicted molar refractivity (Wildman–Crippen MR) is 77.9 cm³/mol. The van der Waals surface area contributed by atoms with Gasteiger partial charge in [-0.25, -0.2) is 13.1 Å². The van der Waals surface area contributed by atoms with Gasteiger partial charge in [0.25, 0.3) is 0 Å². The van der Waals surface area contributed by atoms with Crippen LogP contribution in [0, 0.1) is 12.8 Å². The van der Waals surface area contributed by atoms with Gasteiger partial charge < -0.3 is 5.32 Å². The van der Waals surface area contributed by atoms with Crippen molar-refractivity contribution < 1.29 is 8.42 Å². The summed E-state index contributed by atoms with van der Waals surface area (Å²) in [5, 5.41) is 3.50. The molecule has 0 aliphatic heterocycles. The van der Waals surface area contributed by atoms with Crippen molar-refractivity contribution in [2.45, 2.75) is 44.0 Å². The summed E-state index contributed by atoms with van der Waals surface area (Å²) in [6.07, 6.45) is 3.64. The zero-order valence-electron chi connectivity index (χ0n) is 11.7. The third kappa shape index (κ3) is 3.09. The number of aryl methyl sites for hydroxylation is 1. The van der Waals surface area contributed by atoms with E-state index in [1.165, 1.54) is 19.9 Å². The third-order valence-corrected chi connectivity index (χ3v) is 5.40. The Bertz CT molecular complexity index is 555. The van der Waals surface area contributed by atoms with E-state index >= 15 is 0 Å². The highest BCUT2D eigenvalue weighted by molar-refractivity contribution is 7.89. The molecule has 2 rings (SSSR count). The van der Waals surface area contributed by atoms with E-state index in [4.69, 9.17) is 0 Å². The topological polar surface area (TPSA) is 58.2 Å². The maximum absolute atomic E-state index is 11.8. The number of rotatable bonds is 4. The van der Waals surface area contributed by atoms with Crippen LogP contribution in [0.4, 0.5) is 5.69 Å². The molecule has 0 spiro atoms. The van der Waals surface area contributed by atoms with Crippen molar-refractivity contribution in [3.05, 3.63) is 23.8 Å². The minimum Gasteiger partial charge on any atom is -0.382 e. The Kier molecular flexibility index (Phi) is 4.16. The fraction of sp³-hybridized carbons (Fsp3) is 0.571. The number of anilines is 1. The van der Waals surface area contributed by atoms with Gasteiger partial charge in [-0.2, -0.15) is 0 Å². The van der Waals surface area contributed by atoms with E-state index in [1.807, 2.05) is 13.0 Å². The smallest absolute Gasteiger partial charge is 0.240 e. The number of hydrogen-bond donors (Lipinski definition) is 2. The van der Waals surface area contributed by atoms with Crippen molar-refractivity contribution in [1.29, 1.82) is 0 Å². The number of sulfonamides is 1. The summed E-state index contributed by atoms with van der Waals surface area (Å²) in [5.74, 6) is 0.643. The fourth-order valence-electron chi connectivity index (χ4n) is 2.60. The van der Waals surface area contributed by atoms with Gasteiger partial charge in [0, 0.05) is 11.7 Å². The maximum atomic E-state index is 11.8. The minimum atomic E-state index is -3.37. The van der Waals surface area contributed by atoms with Gasteiger partial charge in [0.2, 0.25) is 10.0 Å². The van der Waals surface area contributed by atoms with Crippen LogP contribution in [-0.4, -0.2) is 21.5 Å². The Morgan fingerprint density at radius 1 is 1.26 bits per heavy atom. The molecule has 0 aromatic heterocycles. The molecule has 4 nitrogen and oxygen atoms in total. The maximum Gasteiger partial charge on any atom is 0.240 e. The molecule has 1 aliphatic rings. The predicted octanol–water partition coefficient (Wildman–Crippen LogP) is 2.50. The highest BCUT2D eigenvalue weighted by Gasteiger charge is 2.24. The molecule has 1 aromatic carbocycles. The van der Waals surface area contributed by atoms with Crippen molar-refractivity contribution in [2.75, 3.05) is 12.4 Å². The van der Waals surface area contributed by atoms with E-state index in [0.29, 0.717) is 16.9 Å². The van der Waals surface area contributed by atoms with E-state index in [2.05, 4.69) is 17.0 Å². The number of nitrogens with one attached hydrogen (secondary N) is 2. The summed E-state index contributed by atoms with van der Waals surface area (Å²) in [5.41, 5.74) is 2.00. The average Bonchev–Trinajstić information content (AvgIpc) is 2.77. The lowest BCUT2D eigenvalue weighted by Crippen LogP contribution is -2.23. The van der Waals surface area contributed by atoms with Gasteiger partial charge in [0.05, 0.1) is 4.90 Å². The van der Waals surface area contributed by atoms with E-state index in [9.17, 15) is 8.42 Å². The Morgan fingerprint density at radius 2 is 2.00 bits per heavy atom. The molecule has 106 valence electrons. The van der Waals surface area contributed by atoms with Crippen molar-refractivity contribution in [3.8, 4) is 0 Å².